The number of halogens is 1. The molecule has 4 rings (SSSR count). The Labute approximate surface area is 169 Å². The van der Waals surface area contributed by atoms with Crippen LogP contribution in [0.5, 0.6) is 0 Å². The fraction of sp³-hybridized carbons (Fsp3) is 0.273. The van der Waals surface area contributed by atoms with Crippen LogP contribution in [-0.4, -0.2) is 39.7 Å². The fourth-order valence-electron chi connectivity index (χ4n) is 3.51. The van der Waals surface area contributed by atoms with Gasteiger partial charge in [-0.05, 0) is 42.7 Å². The molecule has 0 unspecified atom stereocenters. The maximum atomic E-state index is 12.6. The molecule has 0 radical (unpaired) electrons. The summed E-state index contributed by atoms with van der Waals surface area (Å²) in [6.45, 7) is 2.86. The summed E-state index contributed by atoms with van der Waals surface area (Å²) >= 11 is 5.95. The molecule has 2 heterocycles. The van der Waals surface area contributed by atoms with Crippen LogP contribution in [0.4, 0.5) is 0 Å². The molecule has 1 aliphatic rings. The Hall–Kier alpha value is -2.63. The van der Waals surface area contributed by atoms with Gasteiger partial charge in [0.25, 0.3) is 5.91 Å². The standard InChI is InChI=1S/C22H23ClN4O/c23-19-8-6-17(7-9-19)15-26-12-10-20(11-13-26)25-22(28)18-14-24-27(16-18)21-4-2-1-3-5-21/h1-9,14,16,20H,10-13,15H2,(H,25,28). The topological polar surface area (TPSA) is 50.2 Å². The fourth-order valence-corrected chi connectivity index (χ4v) is 3.64. The highest BCUT2D eigenvalue weighted by Gasteiger charge is 2.21. The lowest BCUT2D eigenvalue weighted by atomic mass is 10.0. The van der Waals surface area contributed by atoms with E-state index in [1.54, 1.807) is 17.1 Å². The molecule has 1 aromatic heterocycles. The maximum absolute atomic E-state index is 12.6. The number of amides is 1. The summed E-state index contributed by atoms with van der Waals surface area (Å²) in [4.78, 5) is 15.0. The van der Waals surface area contributed by atoms with Gasteiger partial charge in [-0.1, -0.05) is 41.9 Å². The Morgan fingerprint density at radius 1 is 1.07 bits per heavy atom. The average Bonchev–Trinajstić information content (AvgIpc) is 3.22. The van der Waals surface area contributed by atoms with Crippen LogP contribution >= 0.6 is 11.6 Å². The molecule has 1 aliphatic heterocycles. The summed E-state index contributed by atoms with van der Waals surface area (Å²) < 4.78 is 1.73. The zero-order valence-electron chi connectivity index (χ0n) is 15.6. The monoisotopic (exact) mass is 394 g/mol. The molecule has 1 N–H and O–H groups in total. The van der Waals surface area contributed by atoms with E-state index in [4.69, 9.17) is 11.6 Å². The van der Waals surface area contributed by atoms with Gasteiger partial charge in [0.2, 0.25) is 0 Å². The lowest BCUT2D eigenvalue weighted by Gasteiger charge is -2.32. The number of aromatic nitrogens is 2. The van der Waals surface area contributed by atoms with Gasteiger partial charge >= 0.3 is 0 Å². The predicted octanol–water partition coefficient (Wildman–Crippen LogP) is 3.92. The van der Waals surface area contributed by atoms with E-state index in [1.807, 2.05) is 42.5 Å². The van der Waals surface area contributed by atoms with Gasteiger partial charge in [-0.3, -0.25) is 9.69 Å². The minimum Gasteiger partial charge on any atom is -0.349 e. The van der Waals surface area contributed by atoms with Gasteiger partial charge in [0.05, 0.1) is 17.4 Å². The highest BCUT2D eigenvalue weighted by molar-refractivity contribution is 6.30. The number of hydrogen-bond donors (Lipinski definition) is 1. The zero-order chi connectivity index (χ0) is 19.3. The van der Waals surface area contributed by atoms with Crippen molar-refractivity contribution in [2.45, 2.75) is 25.4 Å². The van der Waals surface area contributed by atoms with E-state index in [0.717, 1.165) is 43.2 Å². The van der Waals surface area contributed by atoms with Crippen LogP contribution in [0.2, 0.25) is 5.02 Å². The van der Waals surface area contributed by atoms with Crippen molar-refractivity contribution >= 4 is 17.5 Å². The number of piperidine rings is 1. The van der Waals surface area contributed by atoms with Gasteiger partial charge in [0.1, 0.15) is 0 Å². The van der Waals surface area contributed by atoms with Crippen LogP contribution in [0.15, 0.2) is 67.0 Å². The van der Waals surface area contributed by atoms with E-state index in [-0.39, 0.29) is 11.9 Å². The summed E-state index contributed by atoms with van der Waals surface area (Å²) in [7, 11) is 0. The Morgan fingerprint density at radius 3 is 2.50 bits per heavy atom. The van der Waals surface area contributed by atoms with Crippen molar-refractivity contribution in [1.82, 2.24) is 20.0 Å². The first kappa shape index (κ1) is 18.7. The summed E-state index contributed by atoms with van der Waals surface area (Å²) in [5.74, 6) is -0.0571. The molecule has 0 atom stereocenters. The molecule has 0 spiro atoms. The second kappa shape index (κ2) is 8.59. The molecule has 0 saturated carbocycles. The molecule has 1 saturated heterocycles. The molecule has 2 aromatic carbocycles. The van der Waals surface area contributed by atoms with Crippen molar-refractivity contribution in [3.63, 3.8) is 0 Å². The Morgan fingerprint density at radius 2 is 1.79 bits per heavy atom. The molecule has 144 valence electrons. The maximum Gasteiger partial charge on any atom is 0.254 e. The van der Waals surface area contributed by atoms with Gasteiger partial charge < -0.3 is 5.32 Å². The van der Waals surface area contributed by atoms with Crippen LogP contribution < -0.4 is 5.32 Å². The molecular weight excluding hydrogens is 372 g/mol. The first-order chi connectivity index (χ1) is 13.7. The summed E-state index contributed by atoms with van der Waals surface area (Å²) in [5, 5.41) is 8.22. The quantitative estimate of drug-likeness (QED) is 0.713. The normalized spacial score (nSPS) is 15.5. The van der Waals surface area contributed by atoms with Crippen LogP contribution in [0.25, 0.3) is 5.69 Å². The number of rotatable bonds is 5. The van der Waals surface area contributed by atoms with E-state index < -0.39 is 0 Å². The second-order valence-electron chi connectivity index (χ2n) is 7.16. The number of carbonyl (C=O) groups excluding carboxylic acids is 1. The number of nitrogens with zero attached hydrogens (tertiary/aromatic N) is 3. The molecule has 0 aliphatic carbocycles. The zero-order valence-corrected chi connectivity index (χ0v) is 16.3. The second-order valence-corrected chi connectivity index (χ2v) is 7.60. The van der Waals surface area contributed by atoms with Gasteiger partial charge in [0, 0.05) is 36.9 Å². The molecule has 28 heavy (non-hydrogen) atoms. The predicted molar refractivity (Wildman–Crippen MR) is 111 cm³/mol. The van der Waals surface area contributed by atoms with E-state index in [0.29, 0.717) is 5.56 Å². The van der Waals surface area contributed by atoms with E-state index in [2.05, 4.69) is 27.4 Å². The van der Waals surface area contributed by atoms with Crippen molar-refractivity contribution in [3.8, 4) is 5.69 Å². The molecule has 6 heteroatoms. The first-order valence-corrected chi connectivity index (χ1v) is 9.93. The Balaban J connectivity index is 1.28. The minimum absolute atomic E-state index is 0.0571. The van der Waals surface area contributed by atoms with Crippen LogP contribution in [0.3, 0.4) is 0 Å². The smallest absolute Gasteiger partial charge is 0.254 e. The third kappa shape index (κ3) is 4.61. The third-order valence-corrected chi connectivity index (χ3v) is 5.36. The minimum atomic E-state index is -0.0571. The highest BCUT2D eigenvalue weighted by atomic mass is 35.5. The summed E-state index contributed by atoms with van der Waals surface area (Å²) in [5.41, 5.74) is 2.80. The number of carbonyl (C=O) groups is 1. The number of likely N-dealkylation sites (tertiary alicyclic amines) is 1. The van der Waals surface area contributed by atoms with Crippen molar-refractivity contribution in [1.29, 1.82) is 0 Å². The van der Waals surface area contributed by atoms with Crippen molar-refractivity contribution in [2.24, 2.45) is 0 Å². The van der Waals surface area contributed by atoms with E-state index in [9.17, 15) is 4.79 Å². The Kier molecular flexibility index (Phi) is 5.74. The van der Waals surface area contributed by atoms with Crippen molar-refractivity contribution < 1.29 is 4.79 Å². The van der Waals surface area contributed by atoms with E-state index in [1.165, 1.54) is 5.56 Å². The largest absolute Gasteiger partial charge is 0.349 e. The van der Waals surface area contributed by atoms with Gasteiger partial charge in [0.15, 0.2) is 0 Å². The molecule has 3 aromatic rings. The van der Waals surface area contributed by atoms with Gasteiger partial charge in [-0.2, -0.15) is 5.10 Å². The number of para-hydroxylation sites is 1. The van der Waals surface area contributed by atoms with Gasteiger partial charge in [-0.15, -0.1) is 0 Å². The molecular formula is C22H23ClN4O. The molecule has 0 bridgehead atoms. The van der Waals surface area contributed by atoms with E-state index >= 15 is 0 Å². The summed E-state index contributed by atoms with van der Waals surface area (Å²) in [6.07, 6.45) is 5.30. The number of nitrogens with one attached hydrogen (secondary N) is 1. The summed E-state index contributed by atoms with van der Waals surface area (Å²) in [6, 6.07) is 18.0. The highest BCUT2D eigenvalue weighted by Crippen LogP contribution is 2.16. The lowest BCUT2D eigenvalue weighted by Crippen LogP contribution is -2.44. The van der Waals surface area contributed by atoms with Crippen LogP contribution in [0.1, 0.15) is 28.8 Å². The lowest BCUT2D eigenvalue weighted by molar-refractivity contribution is 0.0909. The third-order valence-electron chi connectivity index (χ3n) is 5.11. The number of benzene rings is 2. The SMILES string of the molecule is O=C(NC1CCN(Cc2ccc(Cl)cc2)CC1)c1cnn(-c2ccccc2)c1. The first-order valence-electron chi connectivity index (χ1n) is 9.55. The van der Waals surface area contributed by atoms with Gasteiger partial charge in [-0.25, -0.2) is 4.68 Å². The van der Waals surface area contributed by atoms with Crippen molar-refractivity contribution in [2.75, 3.05) is 13.1 Å². The van der Waals surface area contributed by atoms with Crippen LogP contribution in [0, 0.1) is 0 Å². The molecule has 1 amide bonds. The van der Waals surface area contributed by atoms with Crippen LogP contribution in [-0.2, 0) is 6.54 Å². The average molecular weight is 395 g/mol. The molecule has 5 nitrogen and oxygen atoms in total. The molecule has 1 fully saturated rings. The number of hydrogen-bond acceptors (Lipinski definition) is 3. The van der Waals surface area contributed by atoms with Crippen molar-refractivity contribution in [3.05, 3.63) is 83.1 Å². The Bertz CT molecular complexity index is 915.